The van der Waals surface area contributed by atoms with Crippen LogP contribution in [0.5, 0.6) is 0 Å². The number of carbonyl (C=O) groups excluding carboxylic acids is 1. The molecule has 1 amide bonds. The monoisotopic (exact) mass is 282 g/mol. The van der Waals surface area contributed by atoms with Gasteiger partial charge in [0.2, 0.25) is 15.9 Å². The van der Waals surface area contributed by atoms with Crippen molar-refractivity contribution in [2.24, 2.45) is 0 Å². The van der Waals surface area contributed by atoms with E-state index in [1.165, 1.54) is 7.05 Å². The standard InChI is InChI=1S/C11H24N2O4S.H2/c1-4-11(14)13(3)18(15,16)10-6-8-17-9-7-12-5-2;/h12H,4-10H2,1-3H3;1H. The van der Waals surface area contributed by atoms with E-state index in [0.717, 1.165) is 17.4 Å². The molecule has 0 saturated heterocycles. The van der Waals surface area contributed by atoms with Gasteiger partial charge in [-0.2, -0.15) is 0 Å². The zero-order valence-electron chi connectivity index (χ0n) is 11.4. The fraction of sp³-hybridized carbons (Fsp3) is 0.909. The lowest BCUT2D eigenvalue weighted by molar-refractivity contribution is -0.125. The van der Waals surface area contributed by atoms with Gasteiger partial charge in [-0.05, 0) is 13.0 Å². The van der Waals surface area contributed by atoms with Gasteiger partial charge in [0, 0.05) is 28.0 Å². The van der Waals surface area contributed by atoms with Crippen molar-refractivity contribution in [1.29, 1.82) is 0 Å². The lowest BCUT2D eigenvalue weighted by Gasteiger charge is -2.16. The SMILES string of the molecule is CCNCCOCCCS(=O)(=O)N(C)C(=O)CC.[HH]. The number of nitrogens with zero attached hydrogens (tertiary/aromatic N) is 1. The highest BCUT2D eigenvalue weighted by Crippen LogP contribution is 2.03. The average Bonchev–Trinajstić information content (AvgIpc) is 2.35. The Bertz CT molecular complexity index is 336. The van der Waals surface area contributed by atoms with Crippen molar-refractivity contribution in [3.8, 4) is 0 Å². The van der Waals surface area contributed by atoms with Gasteiger partial charge in [-0.3, -0.25) is 4.79 Å². The molecule has 0 atom stereocenters. The molecule has 0 bridgehead atoms. The van der Waals surface area contributed by atoms with Crippen molar-refractivity contribution >= 4 is 15.9 Å². The minimum Gasteiger partial charge on any atom is -0.380 e. The van der Waals surface area contributed by atoms with E-state index in [1.807, 2.05) is 6.92 Å². The number of rotatable bonds is 10. The maximum absolute atomic E-state index is 11.7. The summed E-state index contributed by atoms with van der Waals surface area (Å²) < 4.78 is 29.5. The Morgan fingerprint density at radius 3 is 2.56 bits per heavy atom. The van der Waals surface area contributed by atoms with E-state index in [1.54, 1.807) is 6.92 Å². The first kappa shape index (κ1) is 17.3. The Kier molecular flexibility index (Phi) is 8.95. The summed E-state index contributed by atoms with van der Waals surface area (Å²) in [7, 11) is -2.18. The van der Waals surface area contributed by atoms with E-state index in [4.69, 9.17) is 4.74 Å². The molecule has 0 saturated carbocycles. The van der Waals surface area contributed by atoms with Crippen molar-refractivity contribution in [2.75, 3.05) is 39.1 Å². The fourth-order valence-corrected chi connectivity index (χ4v) is 2.48. The fourth-order valence-electron chi connectivity index (χ4n) is 1.28. The number of likely N-dealkylation sites (N-methyl/N-ethyl adjacent to an activating group) is 1. The van der Waals surface area contributed by atoms with Crippen LogP contribution in [0.2, 0.25) is 0 Å². The molecule has 0 unspecified atom stereocenters. The molecule has 0 fully saturated rings. The zero-order chi connectivity index (χ0) is 14.0. The molecule has 18 heavy (non-hydrogen) atoms. The summed E-state index contributed by atoms with van der Waals surface area (Å²) in [5, 5.41) is 3.10. The summed E-state index contributed by atoms with van der Waals surface area (Å²) in [4.78, 5) is 11.3. The normalized spacial score (nSPS) is 11.5. The third-order valence-corrected chi connectivity index (χ3v) is 4.28. The molecular weight excluding hydrogens is 256 g/mol. The van der Waals surface area contributed by atoms with E-state index in [-0.39, 0.29) is 19.5 Å². The van der Waals surface area contributed by atoms with Crippen LogP contribution in [0.15, 0.2) is 0 Å². The number of hydrogen-bond donors (Lipinski definition) is 1. The third kappa shape index (κ3) is 6.93. The highest BCUT2D eigenvalue weighted by Gasteiger charge is 2.21. The number of sulfonamides is 1. The van der Waals surface area contributed by atoms with E-state index in [9.17, 15) is 13.2 Å². The molecule has 0 aliphatic carbocycles. The molecule has 0 spiro atoms. The molecule has 1 N–H and O–H groups in total. The van der Waals surface area contributed by atoms with Crippen LogP contribution >= 0.6 is 0 Å². The highest BCUT2D eigenvalue weighted by molar-refractivity contribution is 7.89. The summed E-state index contributed by atoms with van der Waals surface area (Å²) in [6.45, 7) is 6.25. The number of nitrogens with one attached hydrogen (secondary N) is 1. The minimum atomic E-state index is -3.48. The van der Waals surface area contributed by atoms with Gasteiger partial charge in [-0.1, -0.05) is 13.8 Å². The highest BCUT2D eigenvalue weighted by atomic mass is 32.2. The minimum absolute atomic E-state index is 0. The van der Waals surface area contributed by atoms with Gasteiger partial charge in [0.1, 0.15) is 0 Å². The summed E-state index contributed by atoms with van der Waals surface area (Å²) in [5.74, 6) is -0.445. The molecule has 0 radical (unpaired) electrons. The van der Waals surface area contributed by atoms with Crippen LogP contribution in [-0.4, -0.2) is 57.7 Å². The van der Waals surface area contributed by atoms with Crippen molar-refractivity contribution in [3.63, 3.8) is 0 Å². The Hall–Kier alpha value is -0.660. The summed E-state index contributed by atoms with van der Waals surface area (Å²) in [5.41, 5.74) is 0. The Labute approximate surface area is 111 Å². The molecular formula is C11H26N2O4S. The largest absolute Gasteiger partial charge is 0.380 e. The van der Waals surface area contributed by atoms with Crippen LogP contribution in [0.4, 0.5) is 0 Å². The van der Waals surface area contributed by atoms with Crippen LogP contribution in [0, 0.1) is 0 Å². The van der Waals surface area contributed by atoms with E-state index < -0.39 is 10.0 Å². The Morgan fingerprint density at radius 2 is 2.00 bits per heavy atom. The van der Waals surface area contributed by atoms with Crippen molar-refractivity contribution in [2.45, 2.75) is 26.7 Å². The van der Waals surface area contributed by atoms with Crippen LogP contribution in [0.25, 0.3) is 0 Å². The Morgan fingerprint density at radius 1 is 1.33 bits per heavy atom. The first-order valence-corrected chi connectivity index (χ1v) is 7.84. The second-order valence-electron chi connectivity index (χ2n) is 3.85. The van der Waals surface area contributed by atoms with Gasteiger partial charge < -0.3 is 10.1 Å². The van der Waals surface area contributed by atoms with Crippen molar-refractivity contribution in [1.82, 2.24) is 9.62 Å². The zero-order valence-corrected chi connectivity index (χ0v) is 12.3. The smallest absolute Gasteiger partial charge is 0.237 e. The molecule has 0 aromatic carbocycles. The number of hydrogen-bond acceptors (Lipinski definition) is 5. The van der Waals surface area contributed by atoms with Gasteiger partial charge in [-0.25, -0.2) is 12.7 Å². The lowest BCUT2D eigenvalue weighted by atomic mass is 10.5. The topological polar surface area (TPSA) is 75.7 Å². The van der Waals surface area contributed by atoms with Crippen LogP contribution in [-0.2, 0) is 19.6 Å². The molecule has 0 aliphatic heterocycles. The molecule has 0 heterocycles. The van der Waals surface area contributed by atoms with Crippen LogP contribution in [0.3, 0.4) is 0 Å². The van der Waals surface area contributed by atoms with Gasteiger partial charge in [0.05, 0.1) is 12.4 Å². The molecule has 0 aromatic heterocycles. The molecule has 0 rings (SSSR count). The molecule has 7 heteroatoms. The molecule has 6 nitrogen and oxygen atoms in total. The van der Waals surface area contributed by atoms with E-state index in [0.29, 0.717) is 19.6 Å². The number of carbonyl (C=O) groups is 1. The number of ether oxygens (including phenoxy) is 1. The van der Waals surface area contributed by atoms with Crippen molar-refractivity contribution in [3.05, 3.63) is 0 Å². The van der Waals surface area contributed by atoms with Gasteiger partial charge in [0.25, 0.3) is 0 Å². The van der Waals surface area contributed by atoms with Gasteiger partial charge in [-0.15, -0.1) is 0 Å². The van der Waals surface area contributed by atoms with Crippen LogP contribution < -0.4 is 5.32 Å². The van der Waals surface area contributed by atoms with Crippen molar-refractivity contribution < 1.29 is 19.4 Å². The van der Waals surface area contributed by atoms with E-state index in [2.05, 4.69) is 5.32 Å². The first-order valence-electron chi connectivity index (χ1n) is 6.23. The van der Waals surface area contributed by atoms with Gasteiger partial charge >= 0.3 is 0 Å². The van der Waals surface area contributed by atoms with E-state index >= 15 is 0 Å². The Balaban J connectivity index is 0. The second-order valence-corrected chi connectivity index (χ2v) is 5.97. The quantitative estimate of drug-likeness (QED) is 0.589. The predicted molar refractivity (Wildman–Crippen MR) is 72.9 cm³/mol. The summed E-state index contributed by atoms with van der Waals surface area (Å²) >= 11 is 0. The van der Waals surface area contributed by atoms with Crippen LogP contribution in [0.1, 0.15) is 28.1 Å². The molecule has 0 aromatic rings. The molecule has 0 aliphatic rings. The predicted octanol–water partition coefficient (Wildman–Crippen LogP) is 0.447. The maximum atomic E-state index is 11.7. The lowest BCUT2D eigenvalue weighted by Crippen LogP contribution is -2.34. The second kappa shape index (κ2) is 9.29. The first-order chi connectivity index (χ1) is 8.45. The summed E-state index contributed by atoms with van der Waals surface area (Å²) in [6.07, 6.45) is 0.588. The summed E-state index contributed by atoms with van der Waals surface area (Å²) in [6, 6.07) is 0. The number of amides is 1. The van der Waals surface area contributed by atoms with Gasteiger partial charge in [0.15, 0.2) is 0 Å². The maximum Gasteiger partial charge on any atom is 0.237 e. The molecule has 110 valence electrons. The average molecular weight is 282 g/mol. The third-order valence-electron chi connectivity index (χ3n) is 2.44.